The molecule has 4 atom stereocenters. The summed E-state index contributed by atoms with van der Waals surface area (Å²) >= 11 is 1.43. The molecule has 0 saturated heterocycles. The molecule has 1 amide bonds. The first-order valence-electron chi connectivity index (χ1n) is 7.21. The summed E-state index contributed by atoms with van der Waals surface area (Å²) in [5, 5.41) is 25.3. The lowest BCUT2D eigenvalue weighted by molar-refractivity contribution is -0.145. The fourth-order valence-corrected chi connectivity index (χ4v) is 3.87. The molecule has 2 rings (SSSR count). The van der Waals surface area contributed by atoms with Crippen molar-refractivity contribution in [3.05, 3.63) is 6.33 Å². The molecular formula is C13H21N5O5S. The number of rotatable bonds is 6. The highest BCUT2D eigenvalue weighted by Gasteiger charge is 2.45. The molecule has 1 saturated carbocycles. The predicted molar refractivity (Wildman–Crippen MR) is 84.9 cm³/mol. The number of amides is 1. The van der Waals surface area contributed by atoms with E-state index in [1.54, 1.807) is 0 Å². The molecular weight excluding hydrogens is 338 g/mol. The number of carbonyl (C=O) groups excluding carboxylic acids is 1. The largest absolute Gasteiger partial charge is 0.481 e. The number of nitrogens with two attached hydrogens (primary N) is 2. The number of nitrogens with one attached hydrogen (secondary N) is 1. The summed E-state index contributed by atoms with van der Waals surface area (Å²) in [4.78, 5) is 35.6. The quantitative estimate of drug-likeness (QED) is 0.447. The monoisotopic (exact) mass is 359 g/mol. The van der Waals surface area contributed by atoms with Gasteiger partial charge in [-0.25, -0.2) is 4.98 Å². The Morgan fingerprint density at radius 3 is 2.46 bits per heavy atom. The van der Waals surface area contributed by atoms with Crippen LogP contribution in [0, 0.1) is 17.8 Å². The van der Waals surface area contributed by atoms with Gasteiger partial charge in [-0.1, -0.05) is 18.7 Å². The Bertz CT molecular complexity index is 567. The van der Waals surface area contributed by atoms with E-state index in [0.717, 1.165) is 0 Å². The van der Waals surface area contributed by atoms with Crippen molar-refractivity contribution in [3.63, 3.8) is 0 Å². The summed E-state index contributed by atoms with van der Waals surface area (Å²) in [5.41, 5.74) is 9.22. The molecule has 0 bridgehead atoms. The normalized spacial score (nSPS) is 25.6. The minimum atomic E-state index is -0.951. The van der Waals surface area contributed by atoms with E-state index in [0.29, 0.717) is 11.6 Å². The average molecular weight is 359 g/mol. The number of aliphatic carboxylic acids is 2. The molecule has 1 aromatic rings. The summed E-state index contributed by atoms with van der Waals surface area (Å²) in [5.74, 6) is -3.27. The van der Waals surface area contributed by atoms with Gasteiger partial charge >= 0.3 is 11.9 Å². The molecule has 1 heterocycles. The Hall–Kier alpha value is -2.14. The molecule has 0 aliphatic heterocycles. The second kappa shape index (κ2) is 9.23. The zero-order valence-corrected chi connectivity index (χ0v) is 13.9. The average Bonchev–Trinajstić information content (AvgIpc) is 3.11. The zero-order chi connectivity index (χ0) is 18.3. The predicted octanol–water partition coefficient (Wildman–Crippen LogP) is -0.473. The molecule has 24 heavy (non-hydrogen) atoms. The number of nitrogens with zero attached hydrogens (tertiary/aromatic N) is 2. The SMILES string of the molecule is CC1C(Sc2ncn[nH]2)CC(C(=O)O)C1CC(=O)O.NCC(N)=O. The molecule has 11 heteroatoms. The van der Waals surface area contributed by atoms with E-state index in [2.05, 4.69) is 20.9 Å². The lowest BCUT2D eigenvalue weighted by Crippen LogP contribution is -2.24. The Balaban J connectivity index is 0.000000505. The third kappa shape index (κ3) is 5.81. The number of aromatic nitrogens is 3. The molecule has 1 aliphatic rings. The number of H-pyrrole nitrogens is 1. The van der Waals surface area contributed by atoms with Crippen LogP contribution in [0.2, 0.25) is 0 Å². The number of hydrogen-bond donors (Lipinski definition) is 5. The fourth-order valence-electron chi connectivity index (χ4n) is 2.65. The lowest BCUT2D eigenvalue weighted by Gasteiger charge is -2.19. The molecule has 4 unspecified atom stereocenters. The maximum atomic E-state index is 11.2. The van der Waals surface area contributed by atoms with E-state index >= 15 is 0 Å². The van der Waals surface area contributed by atoms with Gasteiger partial charge in [0.05, 0.1) is 12.5 Å². The van der Waals surface area contributed by atoms with Crippen LogP contribution in [-0.2, 0) is 14.4 Å². The van der Waals surface area contributed by atoms with Crippen molar-refractivity contribution in [2.75, 3.05) is 6.54 Å². The minimum absolute atomic E-state index is 0.00676. The van der Waals surface area contributed by atoms with Crippen molar-refractivity contribution in [3.8, 4) is 0 Å². The molecule has 1 aliphatic carbocycles. The first-order valence-corrected chi connectivity index (χ1v) is 8.09. The van der Waals surface area contributed by atoms with Crippen molar-refractivity contribution in [1.29, 1.82) is 0 Å². The van der Waals surface area contributed by atoms with Gasteiger partial charge in [0.2, 0.25) is 5.91 Å². The van der Waals surface area contributed by atoms with Gasteiger partial charge < -0.3 is 21.7 Å². The van der Waals surface area contributed by atoms with Crippen molar-refractivity contribution in [2.45, 2.75) is 30.2 Å². The van der Waals surface area contributed by atoms with Gasteiger partial charge in [-0.2, -0.15) is 5.10 Å². The van der Waals surface area contributed by atoms with Crippen molar-refractivity contribution in [1.82, 2.24) is 15.2 Å². The van der Waals surface area contributed by atoms with Gasteiger partial charge in [0.15, 0.2) is 5.16 Å². The van der Waals surface area contributed by atoms with Gasteiger partial charge in [-0.3, -0.25) is 19.5 Å². The van der Waals surface area contributed by atoms with Gasteiger partial charge in [0.1, 0.15) is 6.33 Å². The standard InChI is InChI=1S/C11H15N3O4S.C2H6N2O/c1-5-6(3-9(15)16)7(10(17)18)2-8(5)19-11-12-4-13-14-11;3-1-2(4)5/h4-8H,2-3H2,1H3,(H,15,16)(H,17,18)(H,12,13,14);1,3H2,(H2,4,5). The van der Waals surface area contributed by atoms with E-state index < -0.39 is 23.8 Å². The number of thioether (sulfide) groups is 1. The zero-order valence-electron chi connectivity index (χ0n) is 13.1. The number of hydrogen-bond acceptors (Lipinski definition) is 7. The number of carbonyl (C=O) groups is 3. The highest BCUT2D eigenvalue weighted by atomic mass is 32.2. The Labute approximate surface area is 142 Å². The highest BCUT2D eigenvalue weighted by molar-refractivity contribution is 7.99. The van der Waals surface area contributed by atoms with E-state index in [1.165, 1.54) is 18.1 Å². The first-order chi connectivity index (χ1) is 11.3. The van der Waals surface area contributed by atoms with Crippen LogP contribution in [0.15, 0.2) is 11.5 Å². The van der Waals surface area contributed by atoms with Crippen molar-refractivity contribution in [2.24, 2.45) is 29.2 Å². The summed E-state index contributed by atoms with van der Waals surface area (Å²) in [6.07, 6.45) is 1.75. The second-order valence-corrected chi connectivity index (χ2v) is 6.65. The number of carboxylic acids is 2. The summed E-state index contributed by atoms with van der Waals surface area (Å²) in [6.45, 7) is 1.85. The maximum absolute atomic E-state index is 11.2. The molecule has 0 aromatic carbocycles. The Morgan fingerprint density at radius 1 is 1.42 bits per heavy atom. The molecule has 0 spiro atoms. The van der Waals surface area contributed by atoms with E-state index in [-0.39, 0.29) is 30.1 Å². The molecule has 0 radical (unpaired) electrons. The van der Waals surface area contributed by atoms with Gasteiger partial charge in [-0.05, 0) is 18.3 Å². The summed E-state index contributed by atoms with van der Waals surface area (Å²) < 4.78 is 0. The minimum Gasteiger partial charge on any atom is -0.481 e. The third-order valence-electron chi connectivity index (χ3n) is 3.85. The van der Waals surface area contributed by atoms with Crippen LogP contribution < -0.4 is 11.5 Å². The fraction of sp³-hybridized carbons (Fsp3) is 0.615. The van der Waals surface area contributed by atoms with Crippen molar-refractivity contribution < 1.29 is 24.6 Å². The van der Waals surface area contributed by atoms with Gasteiger partial charge in [0, 0.05) is 11.7 Å². The smallest absolute Gasteiger partial charge is 0.306 e. The number of carboxylic acid groups (broad SMARTS) is 2. The molecule has 1 fully saturated rings. The van der Waals surface area contributed by atoms with E-state index in [4.69, 9.17) is 10.8 Å². The third-order valence-corrected chi connectivity index (χ3v) is 5.19. The molecule has 1 aromatic heterocycles. The number of primary amides is 1. The van der Waals surface area contributed by atoms with Crippen LogP contribution in [0.1, 0.15) is 19.8 Å². The first kappa shape index (κ1) is 19.9. The molecule has 10 nitrogen and oxygen atoms in total. The van der Waals surface area contributed by atoms with Crippen LogP contribution >= 0.6 is 11.8 Å². The second-order valence-electron chi connectivity index (χ2n) is 5.42. The van der Waals surface area contributed by atoms with Crippen LogP contribution in [-0.4, -0.2) is 55.0 Å². The van der Waals surface area contributed by atoms with Gasteiger partial charge in [0.25, 0.3) is 0 Å². The Morgan fingerprint density at radius 2 is 2.04 bits per heavy atom. The van der Waals surface area contributed by atoms with Crippen LogP contribution in [0.3, 0.4) is 0 Å². The summed E-state index contributed by atoms with van der Waals surface area (Å²) in [7, 11) is 0. The summed E-state index contributed by atoms with van der Waals surface area (Å²) in [6, 6.07) is 0. The van der Waals surface area contributed by atoms with Crippen LogP contribution in [0.25, 0.3) is 0 Å². The lowest BCUT2D eigenvalue weighted by atomic mass is 9.87. The van der Waals surface area contributed by atoms with E-state index in [1.807, 2.05) is 6.92 Å². The van der Waals surface area contributed by atoms with Crippen molar-refractivity contribution >= 4 is 29.6 Å². The topological polar surface area (TPSA) is 185 Å². The Kier molecular flexibility index (Phi) is 7.65. The van der Waals surface area contributed by atoms with Gasteiger partial charge in [-0.15, -0.1) is 0 Å². The van der Waals surface area contributed by atoms with E-state index in [9.17, 15) is 19.5 Å². The maximum Gasteiger partial charge on any atom is 0.306 e. The molecule has 134 valence electrons. The molecule has 7 N–H and O–H groups in total. The van der Waals surface area contributed by atoms with Crippen LogP contribution in [0.4, 0.5) is 0 Å². The number of aromatic amines is 1. The van der Waals surface area contributed by atoms with Crippen LogP contribution in [0.5, 0.6) is 0 Å². The highest BCUT2D eigenvalue weighted by Crippen LogP contribution is 2.46.